The summed E-state index contributed by atoms with van der Waals surface area (Å²) in [6, 6.07) is 17.5. The Morgan fingerprint density at radius 2 is 0.565 bits per heavy atom. The van der Waals surface area contributed by atoms with Crippen LogP contribution in [-0.4, -0.2) is 20.4 Å². The smallest absolute Gasteiger partial charge is 0.123 e. The standard InChI is InChI=1S/C34H54O2.C31H48O2/c1-15-31(7,8)22-18-24(30(4,5)6)28(35)26(20-22)34(13,14)27-21-23(32(9,10)16-2)19-25(29(27)36)33(11,12)17-3;1-14-21(22-15-19(28(2,3)4)17-24(26(22)32)30(8,9)10)23-16-20(29(5,6)7)18-25(27(23)33)31(11,12)13/h18-21,35-36H,15-17H2,1-14H3;15-18,21,32-33H,14H2,1-13H3. The van der Waals surface area contributed by atoms with Crippen LogP contribution in [0.2, 0.25) is 0 Å². The van der Waals surface area contributed by atoms with Crippen LogP contribution < -0.4 is 0 Å². The number of phenols is 4. The van der Waals surface area contributed by atoms with E-state index in [1.807, 2.05) is 0 Å². The predicted octanol–water partition coefficient (Wildman–Crippen LogP) is 18.6. The number of rotatable bonds is 11. The summed E-state index contributed by atoms with van der Waals surface area (Å²) in [5.41, 5.74) is 10.9. The molecule has 0 saturated heterocycles. The molecule has 0 aliphatic rings. The van der Waals surface area contributed by atoms with Gasteiger partial charge in [0, 0.05) is 39.2 Å². The molecule has 0 aliphatic heterocycles. The third-order valence-corrected chi connectivity index (χ3v) is 16.1. The molecule has 0 aromatic heterocycles. The highest BCUT2D eigenvalue weighted by atomic mass is 16.3. The molecule has 0 spiro atoms. The van der Waals surface area contributed by atoms with Crippen LogP contribution in [0.4, 0.5) is 0 Å². The summed E-state index contributed by atoms with van der Waals surface area (Å²) in [7, 11) is 0. The molecule has 0 bridgehead atoms. The maximum absolute atomic E-state index is 11.8. The molecule has 4 heteroatoms. The molecule has 0 heterocycles. The van der Waals surface area contributed by atoms with Crippen LogP contribution in [0.1, 0.15) is 285 Å². The molecule has 4 N–H and O–H groups in total. The Kier molecular flexibility index (Phi) is 17.2. The fourth-order valence-corrected chi connectivity index (χ4v) is 9.30. The van der Waals surface area contributed by atoms with E-state index in [4.69, 9.17) is 0 Å². The third-order valence-electron chi connectivity index (χ3n) is 16.1. The van der Waals surface area contributed by atoms with Gasteiger partial charge in [0.25, 0.3) is 0 Å². The van der Waals surface area contributed by atoms with Gasteiger partial charge < -0.3 is 20.4 Å². The first-order valence-corrected chi connectivity index (χ1v) is 26.4. The molecule has 0 saturated carbocycles. The summed E-state index contributed by atoms with van der Waals surface area (Å²) in [5.74, 6) is 1.33. The molecule has 0 unspecified atom stereocenters. The SMILES string of the molecule is CCC(C)(C)c1cc(C(C)(C)C)c(O)c(C(C)(C)c2cc(C(C)(C)CC)cc(C(C)(C)CC)c2O)c1.CCC(c1cc(C(C)(C)C)cc(C(C)(C)C)c1O)c1cc(C(C)(C)C)cc(C(C)(C)C)c1O. The second-order valence-electron chi connectivity index (χ2n) is 28.3. The fourth-order valence-electron chi connectivity index (χ4n) is 9.30. The molecule has 0 aliphatic carbocycles. The van der Waals surface area contributed by atoms with Gasteiger partial charge in [0.1, 0.15) is 23.0 Å². The van der Waals surface area contributed by atoms with Gasteiger partial charge in [0.15, 0.2) is 0 Å². The highest BCUT2D eigenvalue weighted by Gasteiger charge is 2.38. The average Bonchev–Trinajstić information content (AvgIpc) is 3.19. The molecule has 0 fully saturated rings. The van der Waals surface area contributed by atoms with Crippen molar-refractivity contribution in [2.24, 2.45) is 0 Å². The highest BCUT2D eigenvalue weighted by Crippen LogP contribution is 2.51. The van der Waals surface area contributed by atoms with Crippen molar-refractivity contribution in [3.8, 4) is 23.0 Å². The Morgan fingerprint density at radius 3 is 0.841 bits per heavy atom. The molecule has 69 heavy (non-hydrogen) atoms. The zero-order valence-electron chi connectivity index (χ0n) is 49.3. The van der Waals surface area contributed by atoms with Crippen molar-refractivity contribution in [2.45, 2.75) is 267 Å². The quantitative estimate of drug-likeness (QED) is 0.121. The summed E-state index contributed by atoms with van der Waals surface area (Å²) in [6.07, 6.45) is 3.72. The lowest BCUT2D eigenvalue weighted by molar-refractivity contribution is 0.400. The zero-order chi connectivity index (χ0) is 53.8. The molecule has 386 valence electrons. The summed E-state index contributed by atoms with van der Waals surface area (Å²) in [5, 5.41) is 46.7. The van der Waals surface area contributed by atoms with Crippen molar-refractivity contribution in [3.05, 3.63) is 115 Å². The van der Waals surface area contributed by atoms with Gasteiger partial charge in [-0.2, -0.15) is 0 Å². The number of hydrogen-bond donors (Lipinski definition) is 4. The first-order chi connectivity index (χ1) is 30.9. The Labute approximate surface area is 424 Å². The van der Waals surface area contributed by atoms with E-state index in [0.717, 1.165) is 70.2 Å². The summed E-state index contributed by atoms with van der Waals surface area (Å²) in [4.78, 5) is 0. The molecular formula is C65H102O4. The third kappa shape index (κ3) is 12.8. The van der Waals surface area contributed by atoms with E-state index in [9.17, 15) is 20.4 Å². The minimum atomic E-state index is -0.605. The Bertz CT molecular complexity index is 2350. The molecular weight excluding hydrogens is 845 g/mol. The van der Waals surface area contributed by atoms with E-state index in [2.05, 4.69) is 235 Å². The minimum absolute atomic E-state index is 0.0258. The maximum Gasteiger partial charge on any atom is 0.123 e. The maximum atomic E-state index is 11.8. The van der Waals surface area contributed by atoms with Crippen LogP contribution in [0.3, 0.4) is 0 Å². The van der Waals surface area contributed by atoms with Gasteiger partial charge in [0.2, 0.25) is 0 Å². The number of phenolic OH excluding ortho intramolecular Hbond substituents is 4. The zero-order valence-corrected chi connectivity index (χ0v) is 49.3. The number of aromatic hydroxyl groups is 4. The molecule has 0 amide bonds. The van der Waals surface area contributed by atoms with Crippen LogP contribution in [-0.2, 0) is 48.7 Å². The van der Waals surface area contributed by atoms with Crippen LogP contribution in [0, 0.1) is 0 Å². The van der Waals surface area contributed by atoms with Crippen molar-refractivity contribution in [1.29, 1.82) is 0 Å². The van der Waals surface area contributed by atoms with Crippen LogP contribution >= 0.6 is 0 Å². The lowest BCUT2D eigenvalue weighted by Crippen LogP contribution is -2.27. The first-order valence-electron chi connectivity index (χ1n) is 26.4. The minimum Gasteiger partial charge on any atom is -0.507 e. The number of benzene rings is 4. The molecule has 4 nitrogen and oxygen atoms in total. The second kappa shape index (κ2) is 19.9. The molecule has 4 aromatic rings. The van der Waals surface area contributed by atoms with Gasteiger partial charge in [-0.1, -0.05) is 235 Å². The van der Waals surface area contributed by atoms with Crippen LogP contribution in [0.15, 0.2) is 48.5 Å². The van der Waals surface area contributed by atoms with E-state index in [-0.39, 0.29) is 49.2 Å². The monoisotopic (exact) mass is 947 g/mol. The van der Waals surface area contributed by atoms with E-state index < -0.39 is 5.41 Å². The normalized spacial score (nSPS) is 13.7. The van der Waals surface area contributed by atoms with Gasteiger partial charge in [-0.15, -0.1) is 0 Å². The van der Waals surface area contributed by atoms with Crippen molar-refractivity contribution in [1.82, 2.24) is 0 Å². The van der Waals surface area contributed by atoms with E-state index >= 15 is 0 Å². The van der Waals surface area contributed by atoms with E-state index in [1.54, 1.807) is 0 Å². The Hall–Kier alpha value is -3.92. The van der Waals surface area contributed by atoms with Crippen molar-refractivity contribution in [3.63, 3.8) is 0 Å². The van der Waals surface area contributed by atoms with Crippen LogP contribution in [0.5, 0.6) is 23.0 Å². The lowest BCUT2D eigenvalue weighted by Gasteiger charge is -2.37. The second-order valence-corrected chi connectivity index (χ2v) is 28.3. The lowest BCUT2D eigenvalue weighted by atomic mass is 9.68. The molecule has 0 radical (unpaired) electrons. The molecule has 4 aromatic carbocycles. The Balaban J connectivity index is 0.000000367. The van der Waals surface area contributed by atoms with Crippen LogP contribution in [0.25, 0.3) is 0 Å². The highest BCUT2D eigenvalue weighted by molar-refractivity contribution is 5.61. The molecule has 4 rings (SSSR count). The average molecular weight is 948 g/mol. The Morgan fingerprint density at radius 1 is 0.304 bits per heavy atom. The van der Waals surface area contributed by atoms with Crippen molar-refractivity contribution < 1.29 is 20.4 Å². The first kappa shape index (κ1) is 59.4. The summed E-state index contributed by atoms with van der Waals surface area (Å²) >= 11 is 0. The van der Waals surface area contributed by atoms with Gasteiger partial charge in [-0.3, -0.25) is 0 Å². The largest absolute Gasteiger partial charge is 0.507 e. The van der Waals surface area contributed by atoms with E-state index in [1.165, 1.54) is 22.3 Å². The van der Waals surface area contributed by atoms with Gasteiger partial charge >= 0.3 is 0 Å². The van der Waals surface area contributed by atoms with Gasteiger partial charge in [0.05, 0.1) is 0 Å². The van der Waals surface area contributed by atoms with E-state index in [0.29, 0.717) is 23.0 Å². The molecule has 0 atom stereocenters. The fraction of sp³-hybridized carbons (Fsp3) is 0.631. The predicted molar refractivity (Wildman–Crippen MR) is 300 cm³/mol. The van der Waals surface area contributed by atoms with Gasteiger partial charge in [-0.25, -0.2) is 0 Å². The topological polar surface area (TPSA) is 80.9 Å². The summed E-state index contributed by atoms with van der Waals surface area (Å²) in [6.45, 7) is 59.2. The van der Waals surface area contributed by atoms with Gasteiger partial charge in [-0.05, 0) is 108 Å². The van der Waals surface area contributed by atoms with Crippen molar-refractivity contribution in [2.75, 3.05) is 0 Å². The van der Waals surface area contributed by atoms with Crippen molar-refractivity contribution >= 4 is 0 Å². The summed E-state index contributed by atoms with van der Waals surface area (Å²) < 4.78 is 0. The number of hydrogen-bond acceptors (Lipinski definition) is 4.